The van der Waals surface area contributed by atoms with Gasteiger partial charge in [-0.05, 0) is 79.3 Å². The van der Waals surface area contributed by atoms with Crippen LogP contribution in [0, 0.1) is 6.92 Å². The van der Waals surface area contributed by atoms with Crippen molar-refractivity contribution in [2.75, 3.05) is 18.4 Å². The Kier molecular flexibility index (Phi) is 6.25. The molecule has 0 aliphatic carbocycles. The predicted molar refractivity (Wildman–Crippen MR) is 150 cm³/mol. The van der Waals surface area contributed by atoms with Crippen LogP contribution in [0.4, 0.5) is 11.4 Å². The number of hydrogen-bond donors (Lipinski definition) is 2. The van der Waals surface area contributed by atoms with Crippen molar-refractivity contribution in [3.63, 3.8) is 0 Å². The number of imidazole rings is 1. The molecule has 2 aromatic carbocycles. The maximum atomic E-state index is 13.2. The first kappa shape index (κ1) is 23.7. The van der Waals surface area contributed by atoms with E-state index in [0.29, 0.717) is 11.5 Å². The van der Waals surface area contributed by atoms with E-state index in [2.05, 4.69) is 46.5 Å². The average molecular weight is 504 g/mol. The lowest BCUT2D eigenvalue weighted by atomic mass is 9.87. The first-order valence-corrected chi connectivity index (χ1v) is 12.9. The number of carbonyl (C=O) groups excluding carboxylic acids is 1. The second kappa shape index (κ2) is 10.0. The Hall–Kier alpha value is -4.65. The maximum Gasteiger partial charge on any atom is 0.253 e. The topological polar surface area (TPSA) is 82.5 Å². The second-order valence-electron chi connectivity index (χ2n) is 9.82. The number of carbonyl (C=O) groups is 1. The number of piperidine rings is 1. The fourth-order valence-corrected chi connectivity index (χ4v) is 5.42. The molecule has 0 bridgehead atoms. The third-order valence-electron chi connectivity index (χ3n) is 7.44. The van der Waals surface area contributed by atoms with Crippen molar-refractivity contribution in [2.45, 2.75) is 25.7 Å². The van der Waals surface area contributed by atoms with Crippen molar-refractivity contribution in [3.05, 3.63) is 118 Å². The molecule has 7 nitrogen and oxygen atoms in total. The number of amides is 1. The van der Waals surface area contributed by atoms with Crippen molar-refractivity contribution < 1.29 is 4.79 Å². The van der Waals surface area contributed by atoms with Crippen LogP contribution < -0.4 is 10.9 Å². The zero-order chi connectivity index (χ0) is 26.1. The van der Waals surface area contributed by atoms with Crippen LogP contribution in [0.5, 0.6) is 0 Å². The molecular formula is C31H29N5O2. The van der Waals surface area contributed by atoms with Gasteiger partial charge >= 0.3 is 0 Å². The van der Waals surface area contributed by atoms with E-state index in [1.165, 1.54) is 11.1 Å². The van der Waals surface area contributed by atoms with Crippen LogP contribution in [-0.2, 0) is 0 Å². The number of aryl methyl sites for hydroxylation is 1. The molecule has 3 aromatic heterocycles. The molecule has 0 spiro atoms. The summed E-state index contributed by atoms with van der Waals surface area (Å²) in [6, 6.07) is 23.5. The van der Waals surface area contributed by atoms with Gasteiger partial charge < -0.3 is 15.2 Å². The second-order valence-corrected chi connectivity index (χ2v) is 9.82. The molecule has 190 valence electrons. The molecule has 1 aliphatic heterocycles. The van der Waals surface area contributed by atoms with Crippen LogP contribution in [-0.4, -0.2) is 38.3 Å². The number of aromatic amines is 1. The average Bonchev–Trinajstić information content (AvgIpc) is 3.44. The number of aromatic nitrogens is 3. The molecule has 4 heterocycles. The van der Waals surface area contributed by atoms with Gasteiger partial charge in [-0.25, -0.2) is 4.98 Å². The highest BCUT2D eigenvalue weighted by Crippen LogP contribution is 2.31. The van der Waals surface area contributed by atoms with E-state index in [-0.39, 0.29) is 11.5 Å². The van der Waals surface area contributed by atoms with Crippen LogP contribution in [0.25, 0.3) is 16.9 Å². The maximum absolute atomic E-state index is 13.2. The van der Waals surface area contributed by atoms with Gasteiger partial charge in [0.05, 0.1) is 11.4 Å². The quantitative estimate of drug-likeness (QED) is 0.319. The van der Waals surface area contributed by atoms with Gasteiger partial charge in [0.2, 0.25) is 5.56 Å². The van der Waals surface area contributed by atoms with E-state index in [0.717, 1.165) is 54.2 Å². The van der Waals surface area contributed by atoms with E-state index in [1.807, 2.05) is 58.0 Å². The Balaban J connectivity index is 1.14. The summed E-state index contributed by atoms with van der Waals surface area (Å²) in [4.78, 5) is 34.1. The van der Waals surface area contributed by atoms with Crippen molar-refractivity contribution in [3.8, 4) is 11.3 Å². The lowest BCUT2D eigenvalue weighted by Crippen LogP contribution is -2.38. The summed E-state index contributed by atoms with van der Waals surface area (Å²) in [6.45, 7) is 3.71. The van der Waals surface area contributed by atoms with Gasteiger partial charge in [-0.2, -0.15) is 0 Å². The highest BCUT2D eigenvalue weighted by atomic mass is 16.2. The minimum absolute atomic E-state index is 0.0811. The zero-order valence-corrected chi connectivity index (χ0v) is 21.2. The minimum atomic E-state index is -0.150. The van der Waals surface area contributed by atoms with Crippen LogP contribution in [0.15, 0.2) is 96.2 Å². The van der Waals surface area contributed by atoms with Crippen LogP contribution >= 0.6 is 0 Å². The summed E-state index contributed by atoms with van der Waals surface area (Å²) < 4.78 is 1.95. The molecule has 1 aliphatic rings. The smallest absolute Gasteiger partial charge is 0.253 e. The van der Waals surface area contributed by atoms with E-state index in [4.69, 9.17) is 0 Å². The van der Waals surface area contributed by atoms with Crippen molar-refractivity contribution in [1.29, 1.82) is 0 Å². The van der Waals surface area contributed by atoms with Gasteiger partial charge in [-0.3, -0.25) is 14.0 Å². The van der Waals surface area contributed by atoms with Gasteiger partial charge in [-0.15, -0.1) is 0 Å². The molecule has 7 heteroatoms. The van der Waals surface area contributed by atoms with Crippen molar-refractivity contribution in [1.82, 2.24) is 19.3 Å². The molecule has 0 unspecified atom stereocenters. The number of nitrogens with zero attached hydrogens (tertiary/aromatic N) is 3. The van der Waals surface area contributed by atoms with Gasteiger partial charge in [-0.1, -0.05) is 24.3 Å². The Bertz CT molecular complexity index is 1660. The van der Waals surface area contributed by atoms with Gasteiger partial charge in [0.1, 0.15) is 0 Å². The molecule has 2 N–H and O–H groups in total. The van der Waals surface area contributed by atoms with Gasteiger partial charge in [0.15, 0.2) is 5.65 Å². The Morgan fingerprint density at radius 3 is 2.55 bits per heavy atom. The molecule has 0 radical (unpaired) electrons. The molecule has 5 aromatic rings. The Labute approximate surface area is 220 Å². The number of anilines is 2. The van der Waals surface area contributed by atoms with Crippen LogP contribution in [0.2, 0.25) is 0 Å². The number of rotatable bonds is 5. The number of hydrogen-bond acceptors (Lipinski definition) is 4. The molecule has 1 saturated heterocycles. The number of fused-ring (bicyclic) bond motifs is 1. The van der Waals surface area contributed by atoms with Gasteiger partial charge in [0.25, 0.3) is 5.91 Å². The fourth-order valence-electron chi connectivity index (χ4n) is 5.42. The number of H-pyrrole nitrogens is 1. The van der Waals surface area contributed by atoms with E-state index >= 15 is 0 Å². The summed E-state index contributed by atoms with van der Waals surface area (Å²) in [7, 11) is 0. The molecule has 0 atom stereocenters. The highest BCUT2D eigenvalue weighted by Gasteiger charge is 2.25. The first-order chi connectivity index (χ1) is 18.6. The normalized spacial score (nSPS) is 14.1. The minimum Gasteiger partial charge on any atom is -0.352 e. The van der Waals surface area contributed by atoms with Crippen molar-refractivity contribution >= 4 is 22.9 Å². The van der Waals surface area contributed by atoms with Crippen LogP contribution in [0.1, 0.15) is 40.2 Å². The summed E-state index contributed by atoms with van der Waals surface area (Å²) >= 11 is 0. The lowest BCUT2D eigenvalue weighted by Gasteiger charge is -2.33. The number of benzene rings is 2. The Morgan fingerprint density at radius 2 is 1.79 bits per heavy atom. The molecule has 38 heavy (non-hydrogen) atoms. The number of likely N-dealkylation sites (tertiary alicyclic amines) is 1. The standard InChI is InChI=1S/C31H29N5O2/c1-21-4-2-3-5-26(21)22-13-17-35(18-14-22)31(38)23-6-8-25(9-7-23)34-27-10-11-28(36-19-16-33-30(27)36)24-12-15-32-29(37)20-24/h2-12,15-16,19-20,22,34H,13-14,17-18H2,1H3,(H,32,37). The number of nitrogens with one attached hydrogen (secondary N) is 2. The first-order valence-electron chi connectivity index (χ1n) is 12.9. The predicted octanol–water partition coefficient (Wildman–Crippen LogP) is 5.76. The highest BCUT2D eigenvalue weighted by molar-refractivity contribution is 5.94. The third-order valence-corrected chi connectivity index (χ3v) is 7.44. The molecule has 1 amide bonds. The summed E-state index contributed by atoms with van der Waals surface area (Å²) in [5.74, 6) is 0.595. The summed E-state index contributed by atoms with van der Waals surface area (Å²) in [6.07, 6.45) is 7.23. The third kappa shape index (κ3) is 4.59. The SMILES string of the molecule is Cc1ccccc1C1CCN(C(=O)c2ccc(Nc3ccc(-c4cc[nH]c(=O)c4)n4ccnc34)cc2)CC1. The zero-order valence-electron chi connectivity index (χ0n) is 21.2. The largest absolute Gasteiger partial charge is 0.352 e. The summed E-state index contributed by atoms with van der Waals surface area (Å²) in [5, 5.41) is 3.42. The fraction of sp³-hybridized carbons (Fsp3) is 0.194. The lowest BCUT2D eigenvalue weighted by molar-refractivity contribution is 0.0713. The molecule has 0 saturated carbocycles. The molecular weight excluding hydrogens is 474 g/mol. The molecule has 1 fully saturated rings. The summed E-state index contributed by atoms with van der Waals surface area (Å²) in [5.41, 5.74) is 7.43. The number of pyridine rings is 2. The van der Waals surface area contributed by atoms with E-state index in [1.54, 1.807) is 18.5 Å². The van der Waals surface area contributed by atoms with E-state index < -0.39 is 0 Å². The molecule has 6 rings (SSSR count). The monoisotopic (exact) mass is 503 g/mol. The van der Waals surface area contributed by atoms with Crippen LogP contribution in [0.3, 0.4) is 0 Å². The van der Waals surface area contributed by atoms with E-state index in [9.17, 15) is 9.59 Å². The van der Waals surface area contributed by atoms with Gasteiger partial charge in [0, 0.05) is 54.6 Å². The Morgan fingerprint density at radius 1 is 1.00 bits per heavy atom. The van der Waals surface area contributed by atoms with Crippen molar-refractivity contribution in [2.24, 2.45) is 0 Å².